The molecule has 5 nitrogen and oxygen atoms in total. The van der Waals surface area contributed by atoms with Crippen molar-refractivity contribution in [2.75, 3.05) is 32.7 Å². The van der Waals surface area contributed by atoms with Crippen molar-refractivity contribution in [3.63, 3.8) is 0 Å². The number of rotatable bonds is 5. The summed E-state index contributed by atoms with van der Waals surface area (Å²) in [6.07, 6.45) is 1.98. The lowest BCUT2D eigenvalue weighted by Gasteiger charge is -2.30. The summed E-state index contributed by atoms with van der Waals surface area (Å²) in [7, 11) is 0. The zero-order chi connectivity index (χ0) is 18.8. The maximum atomic E-state index is 12.8. The van der Waals surface area contributed by atoms with Crippen LogP contribution in [-0.2, 0) is 6.42 Å². The fourth-order valence-electron chi connectivity index (χ4n) is 4.05. The predicted molar refractivity (Wildman–Crippen MR) is 104 cm³/mol. The number of hydrogen-bond donors (Lipinski definition) is 2. The molecule has 2 aliphatic heterocycles. The van der Waals surface area contributed by atoms with Crippen molar-refractivity contribution in [2.45, 2.75) is 25.6 Å². The molecule has 0 unspecified atom stereocenters. The van der Waals surface area contributed by atoms with Crippen molar-refractivity contribution in [3.8, 4) is 11.1 Å². The van der Waals surface area contributed by atoms with Crippen LogP contribution in [0.3, 0.4) is 0 Å². The zero-order valence-corrected chi connectivity index (χ0v) is 15.5. The van der Waals surface area contributed by atoms with Crippen molar-refractivity contribution in [1.82, 2.24) is 9.80 Å². The molecule has 2 aliphatic rings. The quantitative estimate of drug-likeness (QED) is 0.798. The predicted octanol–water partition coefficient (Wildman–Crippen LogP) is 2.43. The first-order valence-electron chi connectivity index (χ1n) is 9.73. The van der Waals surface area contributed by atoms with Crippen LogP contribution in [0.1, 0.15) is 40.6 Å². The molecule has 27 heavy (non-hydrogen) atoms. The lowest BCUT2D eigenvalue weighted by molar-refractivity contribution is -0.0424. The van der Waals surface area contributed by atoms with Gasteiger partial charge in [-0.25, -0.2) is 0 Å². The van der Waals surface area contributed by atoms with Gasteiger partial charge in [-0.15, -0.1) is 0 Å². The molecular weight excluding hydrogens is 340 g/mol. The summed E-state index contributed by atoms with van der Waals surface area (Å²) in [5, 5.41) is 18.4. The highest BCUT2D eigenvalue weighted by atomic mass is 16.5. The molecule has 2 aromatic rings. The van der Waals surface area contributed by atoms with Crippen LogP contribution in [-0.4, -0.2) is 58.6 Å². The minimum atomic E-state index is -1.45. The Morgan fingerprint density at radius 2 is 1.59 bits per heavy atom. The van der Waals surface area contributed by atoms with Crippen LogP contribution in [0.2, 0.25) is 0 Å². The van der Waals surface area contributed by atoms with Crippen LogP contribution >= 0.6 is 0 Å². The monoisotopic (exact) mass is 366 g/mol. The number of carbonyl (C=O) groups excluding carboxylic acids is 1. The number of aliphatic hydroxyl groups excluding tert-OH is 1. The first kappa shape index (κ1) is 18.2. The van der Waals surface area contributed by atoms with Crippen molar-refractivity contribution < 1.29 is 15.0 Å². The van der Waals surface area contributed by atoms with E-state index in [0.717, 1.165) is 61.4 Å². The first-order valence-corrected chi connectivity index (χ1v) is 9.73. The lowest BCUT2D eigenvalue weighted by Crippen LogP contribution is -2.42. The largest absolute Gasteiger partial charge is 0.364 e. The average Bonchev–Trinajstić information content (AvgIpc) is 3.21. The number of aliphatic hydroxyl groups is 2. The molecule has 0 spiro atoms. The number of amides is 1. The molecule has 1 fully saturated rings. The van der Waals surface area contributed by atoms with Gasteiger partial charge in [0.1, 0.15) is 0 Å². The van der Waals surface area contributed by atoms with Crippen LogP contribution in [0, 0.1) is 0 Å². The number of nitrogens with zero attached hydrogens (tertiary/aromatic N) is 2. The second kappa shape index (κ2) is 7.80. The Hall–Kier alpha value is -2.21. The van der Waals surface area contributed by atoms with Gasteiger partial charge in [0.2, 0.25) is 0 Å². The molecule has 0 saturated carbocycles. The highest BCUT2D eigenvalue weighted by Gasteiger charge is 2.25. The van der Waals surface area contributed by atoms with Gasteiger partial charge in [-0.2, -0.15) is 0 Å². The second-order valence-electron chi connectivity index (χ2n) is 7.46. The molecule has 2 heterocycles. The van der Waals surface area contributed by atoms with Gasteiger partial charge < -0.3 is 20.0 Å². The second-order valence-corrected chi connectivity index (χ2v) is 7.46. The molecule has 0 atom stereocenters. The summed E-state index contributed by atoms with van der Waals surface area (Å²) in [4.78, 5) is 17.3. The molecule has 1 saturated heterocycles. The van der Waals surface area contributed by atoms with E-state index in [-0.39, 0.29) is 5.91 Å². The van der Waals surface area contributed by atoms with Gasteiger partial charge in [0.25, 0.3) is 5.91 Å². The van der Waals surface area contributed by atoms with Crippen molar-refractivity contribution in [2.24, 2.45) is 0 Å². The minimum absolute atomic E-state index is 0.140. The topological polar surface area (TPSA) is 64.0 Å². The lowest BCUT2D eigenvalue weighted by atomic mass is 9.93. The third kappa shape index (κ3) is 3.90. The van der Waals surface area contributed by atoms with E-state index in [1.165, 1.54) is 12.8 Å². The summed E-state index contributed by atoms with van der Waals surface area (Å²) in [6.45, 7) is 4.88. The molecule has 5 heteroatoms. The SMILES string of the molecule is O=C1c2ccc(-c3ccc(C(O)O)cc3)cc2CCN1CCN1CCCC1. The Balaban J connectivity index is 1.47. The molecular formula is C22H26N2O3. The molecule has 0 radical (unpaired) electrons. The maximum Gasteiger partial charge on any atom is 0.254 e. The highest BCUT2D eigenvalue weighted by molar-refractivity contribution is 5.97. The van der Waals surface area contributed by atoms with Gasteiger partial charge in [0, 0.05) is 30.8 Å². The summed E-state index contributed by atoms with van der Waals surface area (Å²) < 4.78 is 0. The van der Waals surface area contributed by atoms with Crippen LogP contribution < -0.4 is 0 Å². The van der Waals surface area contributed by atoms with Crippen molar-refractivity contribution in [3.05, 3.63) is 59.2 Å². The van der Waals surface area contributed by atoms with Gasteiger partial charge in [0.15, 0.2) is 6.29 Å². The van der Waals surface area contributed by atoms with Gasteiger partial charge in [-0.05, 0) is 55.1 Å². The fourth-order valence-corrected chi connectivity index (χ4v) is 4.05. The van der Waals surface area contributed by atoms with Crippen LogP contribution in [0.15, 0.2) is 42.5 Å². The Morgan fingerprint density at radius 1 is 0.889 bits per heavy atom. The Bertz CT molecular complexity index is 811. The summed E-state index contributed by atoms with van der Waals surface area (Å²) in [6, 6.07) is 13.2. The molecule has 4 rings (SSSR count). The van der Waals surface area contributed by atoms with E-state index in [1.807, 2.05) is 29.2 Å². The molecule has 2 N–H and O–H groups in total. The Kier molecular flexibility index (Phi) is 5.25. The van der Waals surface area contributed by atoms with Crippen molar-refractivity contribution >= 4 is 5.91 Å². The Morgan fingerprint density at radius 3 is 2.30 bits per heavy atom. The number of likely N-dealkylation sites (tertiary alicyclic amines) is 1. The molecule has 1 amide bonds. The number of carbonyl (C=O) groups is 1. The fraction of sp³-hybridized carbons (Fsp3) is 0.409. The summed E-state index contributed by atoms with van der Waals surface area (Å²) >= 11 is 0. The molecule has 2 aromatic carbocycles. The van der Waals surface area contributed by atoms with E-state index in [0.29, 0.717) is 5.56 Å². The smallest absolute Gasteiger partial charge is 0.254 e. The van der Waals surface area contributed by atoms with Crippen molar-refractivity contribution in [1.29, 1.82) is 0 Å². The molecule has 0 aliphatic carbocycles. The van der Waals surface area contributed by atoms with Crippen LogP contribution in [0.4, 0.5) is 0 Å². The van der Waals surface area contributed by atoms with E-state index in [2.05, 4.69) is 11.0 Å². The first-order chi connectivity index (χ1) is 13.1. The minimum Gasteiger partial charge on any atom is -0.364 e. The highest BCUT2D eigenvalue weighted by Crippen LogP contribution is 2.27. The third-order valence-corrected chi connectivity index (χ3v) is 5.70. The normalized spacial score (nSPS) is 17.6. The zero-order valence-electron chi connectivity index (χ0n) is 15.5. The Labute approximate surface area is 159 Å². The van der Waals surface area contributed by atoms with E-state index in [1.54, 1.807) is 12.1 Å². The average molecular weight is 366 g/mol. The molecule has 142 valence electrons. The van der Waals surface area contributed by atoms with E-state index in [4.69, 9.17) is 0 Å². The number of benzene rings is 2. The molecule has 0 aromatic heterocycles. The summed E-state index contributed by atoms with van der Waals surface area (Å²) in [5.41, 5.74) is 4.44. The molecule has 0 bridgehead atoms. The number of fused-ring (bicyclic) bond motifs is 1. The van der Waals surface area contributed by atoms with Gasteiger partial charge in [0.05, 0.1) is 0 Å². The van der Waals surface area contributed by atoms with Crippen LogP contribution in [0.25, 0.3) is 11.1 Å². The maximum absolute atomic E-state index is 12.8. The summed E-state index contributed by atoms with van der Waals surface area (Å²) in [5.74, 6) is 0.140. The van der Waals surface area contributed by atoms with Gasteiger partial charge >= 0.3 is 0 Å². The standard InChI is InChI=1S/C22H26N2O3/c25-21-20-8-7-18(16-3-5-17(6-4-16)22(26)27)15-19(20)9-12-24(21)14-13-23-10-1-2-11-23/h3-8,15,22,26-27H,1-2,9-14H2. The van der Waals surface area contributed by atoms with Crippen LogP contribution in [0.5, 0.6) is 0 Å². The van der Waals surface area contributed by atoms with Gasteiger partial charge in [-0.1, -0.05) is 36.4 Å². The van der Waals surface area contributed by atoms with Gasteiger partial charge in [-0.3, -0.25) is 4.79 Å². The van der Waals surface area contributed by atoms with E-state index in [9.17, 15) is 15.0 Å². The van der Waals surface area contributed by atoms with E-state index >= 15 is 0 Å². The van der Waals surface area contributed by atoms with E-state index < -0.39 is 6.29 Å². The third-order valence-electron chi connectivity index (χ3n) is 5.70. The number of hydrogen-bond acceptors (Lipinski definition) is 4.